The summed E-state index contributed by atoms with van der Waals surface area (Å²) >= 11 is 3.88. The highest BCUT2D eigenvalue weighted by Gasteiger charge is 2.24. The molecular formula is C14H28N2S2. The first-order valence-corrected chi connectivity index (χ1v) is 9.22. The van der Waals surface area contributed by atoms with E-state index >= 15 is 0 Å². The van der Waals surface area contributed by atoms with Crippen molar-refractivity contribution in [3.05, 3.63) is 0 Å². The minimum atomic E-state index is 0.417. The van der Waals surface area contributed by atoms with Gasteiger partial charge in [0.05, 0.1) is 6.54 Å². The van der Waals surface area contributed by atoms with Crippen LogP contribution in [0.2, 0.25) is 0 Å². The van der Waals surface area contributed by atoms with Gasteiger partial charge in [0.15, 0.2) is 5.17 Å². The van der Waals surface area contributed by atoms with Crippen molar-refractivity contribution in [3.63, 3.8) is 0 Å². The first kappa shape index (κ1) is 16.2. The lowest BCUT2D eigenvalue weighted by molar-refractivity contribution is 0.375. The van der Waals surface area contributed by atoms with Crippen LogP contribution in [0, 0.1) is 5.41 Å². The smallest absolute Gasteiger partial charge is 0.156 e. The van der Waals surface area contributed by atoms with Crippen molar-refractivity contribution < 1.29 is 0 Å². The summed E-state index contributed by atoms with van der Waals surface area (Å²) in [6.45, 7) is 9.01. The first-order chi connectivity index (χ1) is 8.51. The van der Waals surface area contributed by atoms with Crippen molar-refractivity contribution in [2.75, 3.05) is 25.1 Å². The Bertz CT molecular complexity index is 259. The molecule has 0 aromatic rings. The molecule has 0 amide bonds. The van der Waals surface area contributed by atoms with Crippen LogP contribution in [0.5, 0.6) is 0 Å². The van der Waals surface area contributed by atoms with Crippen LogP contribution in [-0.4, -0.2) is 35.5 Å². The molecule has 1 N–H and O–H groups in total. The first-order valence-electron chi connectivity index (χ1n) is 6.95. The molecule has 0 aliphatic carbocycles. The molecule has 1 rings (SSSR count). The van der Waals surface area contributed by atoms with E-state index in [9.17, 15) is 0 Å². The number of nitrogens with zero attached hydrogens (tertiary/aromatic N) is 1. The molecule has 106 valence electrons. The number of unbranched alkanes of at least 4 members (excludes halogenated alkanes) is 2. The van der Waals surface area contributed by atoms with Gasteiger partial charge in [0, 0.05) is 11.8 Å². The summed E-state index contributed by atoms with van der Waals surface area (Å²) in [5.74, 6) is 1.29. The Hall–Kier alpha value is 0.170. The Kier molecular flexibility index (Phi) is 7.54. The molecule has 0 saturated carbocycles. The standard InChI is InChI=1S/C14H28N2S2/c1-14(2,3)10-12-11-16-13(18-12)15-8-6-5-7-9-17-4/h12H,5-11H2,1-4H3,(H,15,16). The van der Waals surface area contributed by atoms with Crippen LogP contribution in [0.1, 0.15) is 46.5 Å². The topological polar surface area (TPSA) is 24.4 Å². The Morgan fingerprint density at radius 3 is 2.78 bits per heavy atom. The second-order valence-corrected chi connectivity index (χ2v) is 8.41. The molecule has 4 heteroatoms. The number of aliphatic imine (C=N–C) groups is 1. The summed E-state index contributed by atoms with van der Waals surface area (Å²) in [5.41, 5.74) is 0.417. The number of hydrogen-bond donors (Lipinski definition) is 1. The maximum absolute atomic E-state index is 4.60. The summed E-state index contributed by atoms with van der Waals surface area (Å²) in [6.07, 6.45) is 7.37. The molecule has 1 heterocycles. The molecule has 0 aromatic carbocycles. The zero-order chi connectivity index (χ0) is 13.4. The third-order valence-electron chi connectivity index (χ3n) is 2.86. The predicted octanol–water partition coefficient (Wildman–Crippen LogP) is 4.02. The summed E-state index contributed by atoms with van der Waals surface area (Å²) in [5, 5.41) is 5.34. The van der Waals surface area contributed by atoms with E-state index in [0.29, 0.717) is 10.7 Å². The van der Waals surface area contributed by atoms with Crippen LogP contribution in [-0.2, 0) is 0 Å². The summed E-state index contributed by atoms with van der Waals surface area (Å²) in [6, 6.07) is 0. The number of nitrogens with one attached hydrogen (secondary N) is 1. The summed E-state index contributed by atoms with van der Waals surface area (Å²) in [4.78, 5) is 4.60. The predicted molar refractivity (Wildman–Crippen MR) is 88.0 cm³/mol. The van der Waals surface area contributed by atoms with Crippen LogP contribution in [0.15, 0.2) is 4.99 Å². The van der Waals surface area contributed by atoms with Gasteiger partial charge in [-0.1, -0.05) is 39.0 Å². The largest absolute Gasteiger partial charge is 0.365 e. The molecule has 2 nitrogen and oxygen atoms in total. The van der Waals surface area contributed by atoms with Gasteiger partial charge in [-0.25, -0.2) is 0 Å². The molecule has 1 unspecified atom stereocenters. The number of rotatable bonds is 7. The highest BCUT2D eigenvalue weighted by atomic mass is 32.2. The highest BCUT2D eigenvalue weighted by molar-refractivity contribution is 8.14. The van der Waals surface area contributed by atoms with E-state index in [0.717, 1.165) is 13.1 Å². The van der Waals surface area contributed by atoms with Crippen LogP contribution < -0.4 is 5.32 Å². The molecular weight excluding hydrogens is 260 g/mol. The zero-order valence-electron chi connectivity index (χ0n) is 12.3. The number of thioether (sulfide) groups is 2. The van der Waals surface area contributed by atoms with Gasteiger partial charge >= 0.3 is 0 Å². The second kappa shape index (κ2) is 8.36. The van der Waals surface area contributed by atoms with E-state index in [-0.39, 0.29) is 0 Å². The molecule has 1 aliphatic rings. The maximum atomic E-state index is 4.60. The lowest BCUT2D eigenvalue weighted by Gasteiger charge is -2.21. The number of amidine groups is 1. The van der Waals surface area contributed by atoms with E-state index in [1.165, 1.54) is 36.6 Å². The minimum Gasteiger partial charge on any atom is -0.365 e. The van der Waals surface area contributed by atoms with E-state index in [1.54, 1.807) is 0 Å². The van der Waals surface area contributed by atoms with Gasteiger partial charge in [-0.3, -0.25) is 4.99 Å². The van der Waals surface area contributed by atoms with Crippen molar-refractivity contribution in [2.24, 2.45) is 10.4 Å². The molecule has 0 aromatic heterocycles. The lowest BCUT2D eigenvalue weighted by Crippen LogP contribution is -2.21. The van der Waals surface area contributed by atoms with E-state index in [2.05, 4.69) is 37.3 Å². The zero-order valence-corrected chi connectivity index (χ0v) is 13.9. The third-order valence-corrected chi connectivity index (χ3v) is 4.70. The fraction of sp³-hybridized carbons (Fsp3) is 0.929. The second-order valence-electron chi connectivity index (χ2n) is 6.13. The minimum absolute atomic E-state index is 0.417. The Balaban J connectivity index is 2.04. The normalized spacial score (nSPS) is 20.0. The molecule has 0 saturated heterocycles. The van der Waals surface area contributed by atoms with Crippen molar-refractivity contribution in [1.82, 2.24) is 5.32 Å². The molecule has 0 fully saturated rings. The fourth-order valence-corrected chi connectivity index (χ4v) is 3.92. The van der Waals surface area contributed by atoms with Crippen molar-refractivity contribution >= 4 is 28.7 Å². The van der Waals surface area contributed by atoms with Crippen LogP contribution in [0.25, 0.3) is 0 Å². The molecule has 0 radical (unpaired) electrons. The van der Waals surface area contributed by atoms with Gasteiger partial charge in [-0.05, 0) is 36.7 Å². The van der Waals surface area contributed by atoms with Gasteiger partial charge in [0.2, 0.25) is 0 Å². The molecule has 1 atom stereocenters. The van der Waals surface area contributed by atoms with Gasteiger partial charge in [0.25, 0.3) is 0 Å². The Morgan fingerprint density at radius 1 is 1.33 bits per heavy atom. The molecule has 0 spiro atoms. The van der Waals surface area contributed by atoms with E-state index < -0.39 is 0 Å². The molecule has 18 heavy (non-hydrogen) atoms. The summed E-state index contributed by atoms with van der Waals surface area (Å²) < 4.78 is 0. The van der Waals surface area contributed by atoms with Crippen LogP contribution in [0.3, 0.4) is 0 Å². The van der Waals surface area contributed by atoms with Gasteiger partial charge in [0.1, 0.15) is 0 Å². The van der Waals surface area contributed by atoms with Crippen LogP contribution >= 0.6 is 23.5 Å². The average Bonchev–Trinajstić information content (AvgIpc) is 2.68. The highest BCUT2D eigenvalue weighted by Crippen LogP contribution is 2.31. The maximum Gasteiger partial charge on any atom is 0.156 e. The Labute approximate surface area is 121 Å². The van der Waals surface area contributed by atoms with Gasteiger partial charge in [-0.2, -0.15) is 11.8 Å². The van der Waals surface area contributed by atoms with Crippen molar-refractivity contribution in [2.45, 2.75) is 51.7 Å². The van der Waals surface area contributed by atoms with Crippen LogP contribution in [0.4, 0.5) is 0 Å². The van der Waals surface area contributed by atoms with Gasteiger partial charge in [-0.15, -0.1) is 0 Å². The fourth-order valence-electron chi connectivity index (χ4n) is 2.05. The van der Waals surface area contributed by atoms with Gasteiger partial charge < -0.3 is 5.32 Å². The SMILES string of the molecule is CSCCCCCNC1=NCC(CC(C)(C)C)S1. The number of hydrogen-bond acceptors (Lipinski definition) is 4. The van der Waals surface area contributed by atoms with Crippen molar-refractivity contribution in [1.29, 1.82) is 0 Å². The lowest BCUT2D eigenvalue weighted by atomic mass is 9.90. The average molecular weight is 289 g/mol. The third kappa shape index (κ3) is 7.57. The van der Waals surface area contributed by atoms with E-state index in [1.807, 2.05) is 23.5 Å². The monoisotopic (exact) mass is 288 g/mol. The summed E-state index contributed by atoms with van der Waals surface area (Å²) in [7, 11) is 0. The van der Waals surface area contributed by atoms with E-state index in [4.69, 9.17) is 0 Å². The van der Waals surface area contributed by atoms with Crippen molar-refractivity contribution in [3.8, 4) is 0 Å². The Morgan fingerprint density at radius 2 is 2.11 bits per heavy atom. The molecule has 0 bridgehead atoms. The molecule has 1 aliphatic heterocycles. The quantitative estimate of drug-likeness (QED) is 0.716.